The smallest absolute Gasteiger partial charge is 0.259 e. The minimum atomic E-state index is -0.807. The van der Waals surface area contributed by atoms with Gasteiger partial charge in [-0.05, 0) is 32.0 Å². The first-order valence-electron chi connectivity index (χ1n) is 6.88. The van der Waals surface area contributed by atoms with Crippen molar-refractivity contribution in [1.29, 1.82) is 0 Å². The van der Waals surface area contributed by atoms with Gasteiger partial charge < -0.3 is 20.0 Å². The van der Waals surface area contributed by atoms with Gasteiger partial charge in [0.05, 0.1) is 22.9 Å². The Morgan fingerprint density at radius 3 is 2.83 bits per heavy atom. The molecule has 3 aromatic heterocycles. The van der Waals surface area contributed by atoms with Crippen LogP contribution in [0.3, 0.4) is 0 Å². The van der Waals surface area contributed by atoms with E-state index in [0.29, 0.717) is 22.5 Å². The molecule has 0 saturated carbocycles. The number of carbonyl (C=O) groups excluding carboxylic acids is 2. The molecule has 2 amide bonds. The van der Waals surface area contributed by atoms with Gasteiger partial charge in [-0.25, -0.2) is 4.98 Å². The molecule has 0 aliphatic rings. The number of rotatable bonds is 4. The summed E-state index contributed by atoms with van der Waals surface area (Å²) in [5, 5.41) is 6.85. The third-order valence-electron chi connectivity index (χ3n) is 3.41. The summed E-state index contributed by atoms with van der Waals surface area (Å²) < 4.78 is 10.5. The lowest BCUT2D eigenvalue weighted by Gasteiger charge is -2.11. The Labute approximate surface area is 130 Å². The second-order valence-electron chi connectivity index (χ2n) is 5.08. The van der Waals surface area contributed by atoms with Crippen LogP contribution in [-0.4, -0.2) is 28.0 Å². The number of aromatic nitrogens is 2. The second-order valence-corrected chi connectivity index (χ2v) is 5.08. The Morgan fingerprint density at radius 2 is 2.17 bits per heavy atom. The van der Waals surface area contributed by atoms with Gasteiger partial charge in [0.1, 0.15) is 11.7 Å². The van der Waals surface area contributed by atoms with Crippen molar-refractivity contribution >= 4 is 22.9 Å². The van der Waals surface area contributed by atoms with Gasteiger partial charge in [-0.15, -0.1) is 0 Å². The predicted molar refractivity (Wildman–Crippen MR) is 80.4 cm³/mol. The molecule has 3 rings (SSSR count). The number of nitrogens with zero attached hydrogens (tertiary/aromatic N) is 2. The number of hydrogen-bond donors (Lipinski definition) is 2. The fourth-order valence-electron chi connectivity index (χ4n) is 2.17. The lowest BCUT2D eigenvalue weighted by atomic mass is 10.1. The zero-order valence-electron chi connectivity index (χ0n) is 12.5. The zero-order valence-corrected chi connectivity index (χ0v) is 12.5. The molecule has 0 saturated heterocycles. The molecule has 0 radical (unpaired) electrons. The summed E-state index contributed by atoms with van der Waals surface area (Å²) in [4.78, 5) is 27.9. The van der Waals surface area contributed by atoms with Crippen molar-refractivity contribution in [1.82, 2.24) is 15.5 Å². The highest BCUT2D eigenvalue weighted by Crippen LogP contribution is 2.27. The lowest BCUT2D eigenvalue weighted by molar-refractivity contribution is -0.119. The Kier molecular flexibility index (Phi) is 3.57. The quantitative estimate of drug-likeness (QED) is 0.750. The van der Waals surface area contributed by atoms with Crippen LogP contribution in [-0.2, 0) is 4.79 Å². The molecule has 0 bridgehead atoms. The maximum atomic E-state index is 12.5. The van der Waals surface area contributed by atoms with E-state index in [4.69, 9.17) is 14.7 Å². The fourth-order valence-corrected chi connectivity index (χ4v) is 2.17. The van der Waals surface area contributed by atoms with E-state index in [2.05, 4.69) is 15.5 Å². The van der Waals surface area contributed by atoms with Crippen LogP contribution in [0, 0.1) is 6.92 Å². The Balaban J connectivity index is 2.12. The molecule has 0 aliphatic carbocycles. The first-order valence-corrected chi connectivity index (χ1v) is 6.88. The number of furan rings is 1. The number of nitrogens with two attached hydrogens (primary N) is 1. The number of pyridine rings is 1. The van der Waals surface area contributed by atoms with Crippen LogP contribution in [0.25, 0.3) is 22.6 Å². The molecule has 118 valence electrons. The molecule has 0 aromatic carbocycles. The van der Waals surface area contributed by atoms with Crippen LogP contribution in [0.1, 0.15) is 23.0 Å². The van der Waals surface area contributed by atoms with Crippen molar-refractivity contribution in [2.45, 2.75) is 19.9 Å². The molecule has 3 N–H and O–H groups in total. The Bertz CT molecular complexity index is 882. The third-order valence-corrected chi connectivity index (χ3v) is 3.41. The highest BCUT2D eigenvalue weighted by Gasteiger charge is 2.22. The van der Waals surface area contributed by atoms with Crippen LogP contribution in [0.2, 0.25) is 0 Å². The summed E-state index contributed by atoms with van der Waals surface area (Å²) >= 11 is 0. The molecule has 8 nitrogen and oxygen atoms in total. The van der Waals surface area contributed by atoms with Gasteiger partial charge in [-0.3, -0.25) is 9.59 Å². The van der Waals surface area contributed by atoms with Gasteiger partial charge in [0.25, 0.3) is 11.6 Å². The minimum Gasteiger partial charge on any atom is -0.463 e. The van der Waals surface area contributed by atoms with Crippen LogP contribution in [0.5, 0.6) is 0 Å². The summed E-state index contributed by atoms with van der Waals surface area (Å²) in [5.41, 5.74) is 6.63. The average Bonchev–Trinajstić information content (AvgIpc) is 3.16. The molecular weight excluding hydrogens is 300 g/mol. The minimum absolute atomic E-state index is 0.216. The van der Waals surface area contributed by atoms with Gasteiger partial charge in [0, 0.05) is 0 Å². The third kappa shape index (κ3) is 2.66. The van der Waals surface area contributed by atoms with E-state index in [9.17, 15) is 9.59 Å². The van der Waals surface area contributed by atoms with Crippen molar-refractivity contribution in [3.05, 3.63) is 35.7 Å². The molecule has 8 heteroatoms. The van der Waals surface area contributed by atoms with Crippen molar-refractivity contribution in [2.24, 2.45) is 5.73 Å². The van der Waals surface area contributed by atoms with Crippen LogP contribution in [0.15, 0.2) is 33.4 Å². The number of aryl methyl sites for hydroxylation is 1. The number of primary amides is 1. The Hall–Kier alpha value is -3.16. The van der Waals surface area contributed by atoms with E-state index in [-0.39, 0.29) is 11.3 Å². The largest absolute Gasteiger partial charge is 0.463 e. The molecule has 0 fully saturated rings. The summed E-state index contributed by atoms with van der Waals surface area (Å²) in [5.74, 6) is -0.613. The summed E-state index contributed by atoms with van der Waals surface area (Å²) in [6.45, 7) is 3.21. The number of hydrogen-bond acceptors (Lipinski definition) is 6. The van der Waals surface area contributed by atoms with Gasteiger partial charge in [-0.2, -0.15) is 0 Å². The normalized spacial score (nSPS) is 12.3. The molecular formula is C15H14N4O4. The monoisotopic (exact) mass is 314 g/mol. The highest BCUT2D eigenvalue weighted by atomic mass is 16.5. The SMILES string of the molecule is Cc1noc2nc(-c3ccco3)cc(C(=O)NC(C)C(N)=O)c12. The van der Waals surface area contributed by atoms with Crippen molar-refractivity contribution < 1.29 is 18.5 Å². The molecule has 0 aliphatic heterocycles. The van der Waals surface area contributed by atoms with E-state index >= 15 is 0 Å². The van der Waals surface area contributed by atoms with Crippen molar-refractivity contribution in [3.63, 3.8) is 0 Å². The molecule has 3 aromatic rings. The summed E-state index contributed by atoms with van der Waals surface area (Å²) in [6, 6.07) is 4.18. The van der Waals surface area contributed by atoms with Crippen molar-refractivity contribution in [2.75, 3.05) is 0 Å². The van der Waals surface area contributed by atoms with Gasteiger partial charge in [0.15, 0.2) is 5.76 Å². The lowest BCUT2D eigenvalue weighted by Crippen LogP contribution is -2.42. The molecule has 0 spiro atoms. The van der Waals surface area contributed by atoms with E-state index in [1.54, 1.807) is 25.1 Å². The standard InChI is InChI=1S/C15H14N4O4/c1-7-12-9(14(21)17-8(2)13(16)20)6-10(11-4-3-5-22-11)18-15(12)23-19-7/h3-6,8H,1-2H3,(H2,16,20)(H,17,21). The topological polar surface area (TPSA) is 124 Å². The number of carbonyl (C=O) groups is 2. The number of nitrogens with one attached hydrogen (secondary N) is 1. The van der Waals surface area contributed by atoms with E-state index < -0.39 is 17.9 Å². The van der Waals surface area contributed by atoms with Gasteiger partial charge in [-0.1, -0.05) is 5.16 Å². The van der Waals surface area contributed by atoms with E-state index in [1.165, 1.54) is 13.2 Å². The highest BCUT2D eigenvalue weighted by molar-refractivity contribution is 6.07. The molecule has 1 atom stereocenters. The average molecular weight is 314 g/mol. The molecule has 23 heavy (non-hydrogen) atoms. The molecule has 3 heterocycles. The summed E-state index contributed by atoms with van der Waals surface area (Å²) in [6.07, 6.45) is 1.50. The summed E-state index contributed by atoms with van der Waals surface area (Å²) in [7, 11) is 0. The van der Waals surface area contributed by atoms with Crippen molar-refractivity contribution in [3.8, 4) is 11.5 Å². The maximum Gasteiger partial charge on any atom is 0.259 e. The molecule has 1 unspecified atom stereocenters. The van der Waals surface area contributed by atoms with Gasteiger partial charge in [0.2, 0.25) is 5.91 Å². The Morgan fingerprint density at radius 1 is 1.39 bits per heavy atom. The van der Waals surface area contributed by atoms with E-state index in [0.717, 1.165) is 0 Å². The van der Waals surface area contributed by atoms with Crippen LogP contribution in [0.4, 0.5) is 0 Å². The zero-order chi connectivity index (χ0) is 16.6. The number of fused-ring (bicyclic) bond motifs is 1. The second kappa shape index (κ2) is 5.56. The number of amides is 2. The predicted octanol–water partition coefficient (Wildman–Crippen LogP) is 1.39. The first kappa shape index (κ1) is 14.8. The maximum absolute atomic E-state index is 12.5. The van der Waals surface area contributed by atoms with Gasteiger partial charge >= 0.3 is 0 Å². The van der Waals surface area contributed by atoms with Crippen LogP contribution < -0.4 is 11.1 Å². The first-order chi connectivity index (χ1) is 11.0. The van der Waals surface area contributed by atoms with E-state index in [1.807, 2.05) is 0 Å². The fraction of sp³-hybridized carbons (Fsp3) is 0.200. The van der Waals surface area contributed by atoms with Crippen LogP contribution >= 0.6 is 0 Å².